The Morgan fingerprint density at radius 1 is 1.21 bits per heavy atom. The summed E-state index contributed by atoms with van der Waals surface area (Å²) in [4.78, 5) is 6.34. The molecule has 7 nitrogen and oxygen atoms in total. The zero-order valence-electron chi connectivity index (χ0n) is 14.8. The molecule has 2 fully saturated rings. The number of hydrogen-bond donors (Lipinski definition) is 1. The fraction of sp³-hybridized carbons (Fsp3) is 0.933. The summed E-state index contributed by atoms with van der Waals surface area (Å²) in [5.41, 5.74) is 6.01. The first-order valence-electron chi connectivity index (χ1n) is 8.46. The van der Waals surface area contributed by atoms with Gasteiger partial charge in [0, 0.05) is 26.2 Å². The van der Waals surface area contributed by atoms with Crippen LogP contribution in [0, 0.1) is 5.92 Å². The molecular formula is C15H31IN4O3S. The highest BCUT2D eigenvalue weighted by Gasteiger charge is 2.30. The van der Waals surface area contributed by atoms with Crippen LogP contribution in [0.5, 0.6) is 0 Å². The van der Waals surface area contributed by atoms with Crippen molar-refractivity contribution in [2.24, 2.45) is 16.6 Å². The van der Waals surface area contributed by atoms with Crippen LogP contribution in [0.25, 0.3) is 0 Å². The van der Waals surface area contributed by atoms with E-state index < -0.39 is 10.0 Å². The van der Waals surface area contributed by atoms with Crippen molar-refractivity contribution in [1.82, 2.24) is 9.21 Å². The zero-order valence-corrected chi connectivity index (χ0v) is 18.0. The van der Waals surface area contributed by atoms with Crippen LogP contribution in [0.2, 0.25) is 0 Å². The molecule has 24 heavy (non-hydrogen) atoms. The standard InChI is InChI=1S/C15H30N4O3S.HI/c1-12-5-4-7-18(9-12)15(16)17-6-8-23(20,21)19-10-13(2)22-14(3)11-19;/h12-14H,4-11H2,1-3H3,(H2,16,17);1H. The first-order valence-corrected chi connectivity index (χ1v) is 10.1. The smallest absolute Gasteiger partial charge is 0.216 e. The number of guanidine groups is 1. The van der Waals surface area contributed by atoms with E-state index in [0.29, 0.717) is 25.0 Å². The van der Waals surface area contributed by atoms with Gasteiger partial charge in [0.25, 0.3) is 0 Å². The lowest BCUT2D eigenvalue weighted by Crippen LogP contribution is -2.49. The highest BCUT2D eigenvalue weighted by Crippen LogP contribution is 2.16. The van der Waals surface area contributed by atoms with Crippen molar-refractivity contribution in [3.63, 3.8) is 0 Å². The number of hydrogen-bond acceptors (Lipinski definition) is 4. The SMILES string of the molecule is CC1CCCN(C(N)=NCCS(=O)(=O)N2CC(C)OC(C)C2)C1.I. The van der Waals surface area contributed by atoms with Gasteiger partial charge in [-0.3, -0.25) is 4.99 Å². The van der Waals surface area contributed by atoms with Gasteiger partial charge in [0.05, 0.1) is 24.5 Å². The van der Waals surface area contributed by atoms with E-state index in [1.165, 1.54) is 10.7 Å². The van der Waals surface area contributed by atoms with Gasteiger partial charge in [-0.15, -0.1) is 24.0 Å². The van der Waals surface area contributed by atoms with E-state index in [9.17, 15) is 8.42 Å². The van der Waals surface area contributed by atoms with Crippen LogP contribution in [-0.2, 0) is 14.8 Å². The third-order valence-electron chi connectivity index (χ3n) is 4.38. The van der Waals surface area contributed by atoms with Crippen LogP contribution in [0.15, 0.2) is 4.99 Å². The minimum atomic E-state index is -3.31. The van der Waals surface area contributed by atoms with E-state index in [4.69, 9.17) is 10.5 Å². The minimum Gasteiger partial charge on any atom is -0.373 e. The molecule has 2 N–H and O–H groups in total. The molecule has 0 saturated carbocycles. The Morgan fingerprint density at radius 3 is 2.42 bits per heavy atom. The predicted molar refractivity (Wildman–Crippen MR) is 107 cm³/mol. The zero-order chi connectivity index (χ0) is 17.0. The first kappa shape index (κ1) is 21.9. The molecule has 0 spiro atoms. The van der Waals surface area contributed by atoms with Crippen LogP contribution in [0.1, 0.15) is 33.6 Å². The molecule has 9 heteroatoms. The van der Waals surface area contributed by atoms with Crippen LogP contribution in [0.3, 0.4) is 0 Å². The van der Waals surface area contributed by atoms with Crippen molar-refractivity contribution in [1.29, 1.82) is 0 Å². The number of nitrogens with zero attached hydrogens (tertiary/aromatic N) is 3. The maximum atomic E-state index is 12.4. The molecule has 2 rings (SSSR count). The van der Waals surface area contributed by atoms with Gasteiger partial charge in [0.2, 0.25) is 10.0 Å². The van der Waals surface area contributed by atoms with E-state index in [-0.39, 0.29) is 48.5 Å². The third kappa shape index (κ3) is 6.30. The number of rotatable bonds is 4. The Morgan fingerprint density at radius 2 is 1.83 bits per heavy atom. The topological polar surface area (TPSA) is 88.2 Å². The van der Waals surface area contributed by atoms with Gasteiger partial charge >= 0.3 is 0 Å². The Hall–Kier alpha value is -0.130. The number of piperidine rings is 1. The van der Waals surface area contributed by atoms with Gasteiger partial charge in [-0.25, -0.2) is 8.42 Å². The molecule has 3 atom stereocenters. The summed E-state index contributed by atoms with van der Waals surface area (Å²) in [5.74, 6) is 1.07. The quantitative estimate of drug-likeness (QED) is 0.375. The molecule has 0 aromatic rings. The predicted octanol–water partition coefficient (Wildman–Crippen LogP) is 1.09. The van der Waals surface area contributed by atoms with Crippen LogP contribution in [-0.4, -0.2) is 74.3 Å². The van der Waals surface area contributed by atoms with E-state index >= 15 is 0 Å². The monoisotopic (exact) mass is 474 g/mol. The molecule has 0 amide bonds. The summed E-state index contributed by atoms with van der Waals surface area (Å²) in [5, 5.41) is 0. The Labute approximate surface area is 163 Å². The maximum absolute atomic E-state index is 12.4. The van der Waals surface area contributed by atoms with Gasteiger partial charge < -0.3 is 15.4 Å². The molecule has 3 unspecified atom stereocenters. The van der Waals surface area contributed by atoms with Crippen LogP contribution < -0.4 is 5.73 Å². The molecule has 2 aliphatic heterocycles. The van der Waals surface area contributed by atoms with E-state index in [1.54, 1.807) is 0 Å². The maximum Gasteiger partial charge on any atom is 0.216 e. The Bertz CT molecular complexity index is 519. The third-order valence-corrected chi connectivity index (χ3v) is 6.17. The molecule has 0 radical (unpaired) electrons. The van der Waals surface area contributed by atoms with Crippen molar-refractivity contribution in [3.8, 4) is 0 Å². The number of nitrogens with two attached hydrogens (primary N) is 1. The fourth-order valence-electron chi connectivity index (χ4n) is 3.26. The largest absolute Gasteiger partial charge is 0.373 e. The summed E-state index contributed by atoms with van der Waals surface area (Å²) in [6.45, 7) is 8.83. The lowest BCUT2D eigenvalue weighted by Gasteiger charge is -2.34. The van der Waals surface area contributed by atoms with Crippen molar-refractivity contribution >= 4 is 40.0 Å². The van der Waals surface area contributed by atoms with Gasteiger partial charge in [-0.05, 0) is 32.6 Å². The lowest BCUT2D eigenvalue weighted by atomic mass is 10.0. The van der Waals surface area contributed by atoms with Gasteiger partial charge in [0.1, 0.15) is 0 Å². The molecule has 0 aromatic carbocycles. The summed E-state index contributed by atoms with van der Waals surface area (Å²) < 4.78 is 32.0. The van der Waals surface area contributed by atoms with E-state index in [2.05, 4.69) is 16.8 Å². The second kappa shape index (κ2) is 9.54. The van der Waals surface area contributed by atoms with Crippen LogP contribution in [0.4, 0.5) is 0 Å². The lowest BCUT2D eigenvalue weighted by molar-refractivity contribution is -0.0440. The fourth-order valence-corrected chi connectivity index (χ4v) is 4.71. The summed E-state index contributed by atoms with van der Waals surface area (Å²) in [6, 6.07) is 0. The average molecular weight is 474 g/mol. The Balaban J connectivity index is 0.00000288. The second-order valence-corrected chi connectivity index (χ2v) is 8.91. The van der Waals surface area contributed by atoms with E-state index in [1.807, 2.05) is 13.8 Å². The summed E-state index contributed by atoms with van der Waals surface area (Å²) >= 11 is 0. The summed E-state index contributed by atoms with van der Waals surface area (Å²) in [6.07, 6.45) is 2.18. The van der Waals surface area contributed by atoms with E-state index in [0.717, 1.165) is 19.5 Å². The number of sulfonamides is 1. The molecular weight excluding hydrogens is 443 g/mol. The van der Waals surface area contributed by atoms with Crippen molar-refractivity contribution < 1.29 is 13.2 Å². The highest BCUT2D eigenvalue weighted by atomic mass is 127. The van der Waals surface area contributed by atoms with Crippen molar-refractivity contribution in [3.05, 3.63) is 0 Å². The normalized spacial score (nSPS) is 30.0. The van der Waals surface area contributed by atoms with Gasteiger partial charge in [-0.1, -0.05) is 6.92 Å². The number of halogens is 1. The molecule has 0 aliphatic carbocycles. The molecule has 2 heterocycles. The van der Waals surface area contributed by atoms with Crippen LogP contribution >= 0.6 is 24.0 Å². The number of likely N-dealkylation sites (tertiary alicyclic amines) is 1. The minimum absolute atomic E-state index is 0. The molecule has 0 bridgehead atoms. The van der Waals surface area contributed by atoms with Crippen molar-refractivity contribution in [2.75, 3.05) is 38.5 Å². The number of ether oxygens (including phenoxy) is 1. The molecule has 2 aliphatic rings. The average Bonchev–Trinajstić information content (AvgIpc) is 2.46. The van der Waals surface area contributed by atoms with Gasteiger partial charge in [0.15, 0.2) is 5.96 Å². The Kier molecular flexibility index (Phi) is 8.71. The molecule has 2 saturated heterocycles. The second-order valence-electron chi connectivity index (χ2n) is 6.82. The highest BCUT2D eigenvalue weighted by molar-refractivity contribution is 14.0. The molecule has 0 aromatic heterocycles. The van der Waals surface area contributed by atoms with Crippen molar-refractivity contribution in [2.45, 2.75) is 45.8 Å². The number of morpholine rings is 1. The number of aliphatic imine (C=N–C) groups is 1. The summed E-state index contributed by atoms with van der Waals surface area (Å²) in [7, 11) is -3.31. The van der Waals surface area contributed by atoms with Gasteiger partial charge in [-0.2, -0.15) is 4.31 Å². The first-order chi connectivity index (χ1) is 10.8. The molecule has 142 valence electrons.